The van der Waals surface area contributed by atoms with Crippen molar-refractivity contribution in [3.8, 4) is 0 Å². The van der Waals surface area contributed by atoms with Crippen LogP contribution in [0.3, 0.4) is 0 Å². The van der Waals surface area contributed by atoms with Gasteiger partial charge in [0.25, 0.3) is 0 Å². The number of carbonyl (C=O) groups excluding carboxylic acids is 1. The van der Waals surface area contributed by atoms with E-state index < -0.39 is 0 Å². The molecule has 7 heteroatoms. The van der Waals surface area contributed by atoms with Crippen molar-refractivity contribution >= 4 is 11.7 Å². The van der Waals surface area contributed by atoms with Crippen LogP contribution < -0.4 is 10.6 Å². The van der Waals surface area contributed by atoms with Crippen molar-refractivity contribution < 1.29 is 4.79 Å². The van der Waals surface area contributed by atoms with Gasteiger partial charge < -0.3 is 20.1 Å². The topological polar surface area (TPSA) is 75.1 Å². The Hall–Kier alpha value is -2.57. The molecule has 0 radical (unpaired) electrons. The summed E-state index contributed by atoms with van der Waals surface area (Å²) >= 11 is 0. The Morgan fingerprint density at radius 1 is 1.32 bits per heavy atom. The SMILES string of the molecule is Cc1cnccc1NCCNC(=O)N(C)CCn1ccnc1. The summed E-state index contributed by atoms with van der Waals surface area (Å²) in [6, 6.07) is 1.85. The fourth-order valence-electron chi connectivity index (χ4n) is 1.96. The van der Waals surface area contributed by atoms with E-state index in [1.54, 1.807) is 30.7 Å². The quantitative estimate of drug-likeness (QED) is 0.757. The van der Waals surface area contributed by atoms with Crippen molar-refractivity contribution in [2.24, 2.45) is 0 Å². The summed E-state index contributed by atoms with van der Waals surface area (Å²) in [4.78, 5) is 21.6. The van der Waals surface area contributed by atoms with Gasteiger partial charge in [-0.1, -0.05) is 0 Å². The molecule has 2 N–H and O–H groups in total. The molecule has 0 aromatic carbocycles. The van der Waals surface area contributed by atoms with Crippen LogP contribution in [0.2, 0.25) is 0 Å². The maximum Gasteiger partial charge on any atom is 0.317 e. The largest absolute Gasteiger partial charge is 0.383 e. The van der Waals surface area contributed by atoms with Gasteiger partial charge in [-0.15, -0.1) is 0 Å². The lowest BCUT2D eigenvalue weighted by Crippen LogP contribution is -2.40. The minimum Gasteiger partial charge on any atom is -0.383 e. The summed E-state index contributed by atoms with van der Waals surface area (Å²) in [5.74, 6) is 0. The number of urea groups is 1. The van der Waals surface area contributed by atoms with Crippen molar-refractivity contribution in [3.05, 3.63) is 42.7 Å². The lowest BCUT2D eigenvalue weighted by atomic mass is 10.2. The third-order valence-electron chi connectivity index (χ3n) is 3.34. The van der Waals surface area contributed by atoms with Gasteiger partial charge in [-0.2, -0.15) is 0 Å². The molecule has 0 saturated carbocycles. The van der Waals surface area contributed by atoms with Gasteiger partial charge in [0.15, 0.2) is 0 Å². The summed E-state index contributed by atoms with van der Waals surface area (Å²) in [5.41, 5.74) is 2.13. The molecule has 0 saturated heterocycles. The Balaban J connectivity index is 1.63. The number of imidazole rings is 1. The molecule has 0 aliphatic rings. The number of likely N-dealkylation sites (N-methyl/N-ethyl adjacent to an activating group) is 1. The molecule has 118 valence electrons. The van der Waals surface area contributed by atoms with Gasteiger partial charge >= 0.3 is 6.03 Å². The average molecular weight is 302 g/mol. The molecule has 2 heterocycles. The Bertz CT molecular complexity index is 583. The van der Waals surface area contributed by atoms with E-state index in [1.165, 1.54) is 0 Å². The third kappa shape index (κ3) is 4.76. The highest BCUT2D eigenvalue weighted by atomic mass is 16.2. The fraction of sp³-hybridized carbons (Fsp3) is 0.400. The van der Waals surface area contributed by atoms with Crippen molar-refractivity contribution in [3.63, 3.8) is 0 Å². The van der Waals surface area contributed by atoms with Crippen LogP contribution in [0.25, 0.3) is 0 Å². The van der Waals surface area contributed by atoms with E-state index in [2.05, 4.69) is 20.6 Å². The molecular weight excluding hydrogens is 280 g/mol. The molecule has 0 atom stereocenters. The first kappa shape index (κ1) is 15.8. The van der Waals surface area contributed by atoms with Gasteiger partial charge in [-0.25, -0.2) is 9.78 Å². The zero-order valence-corrected chi connectivity index (χ0v) is 13.0. The zero-order chi connectivity index (χ0) is 15.8. The van der Waals surface area contributed by atoms with Crippen LogP contribution >= 0.6 is 0 Å². The molecule has 0 aliphatic heterocycles. The number of nitrogens with zero attached hydrogens (tertiary/aromatic N) is 4. The summed E-state index contributed by atoms with van der Waals surface area (Å²) in [7, 11) is 1.78. The van der Waals surface area contributed by atoms with Gasteiger partial charge in [0.1, 0.15) is 0 Å². The minimum absolute atomic E-state index is 0.0756. The van der Waals surface area contributed by atoms with E-state index in [9.17, 15) is 4.79 Å². The zero-order valence-electron chi connectivity index (χ0n) is 13.0. The monoisotopic (exact) mass is 302 g/mol. The summed E-state index contributed by atoms with van der Waals surface area (Å²) in [6.07, 6.45) is 8.91. The van der Waals surface area contributed by atoms with Gasteiger partial charge in [-0.3, -0.25) is 4.98 Å². The Kier molecular flexibility index (Phi) is 5.76. The second-order valence-corrected chi connectivity index (χ2v) is 5.07. The first-order valence-electron chi connectivity index (χ1n) is 7.26. The maximum atomic E-state index is 11.9. The van der Waals surface area contributed by atoms with Crippen LogP contribution in [0, 0.1) is 6.92 Å². The molecule has 2 aromatic heterocycles. The number of pyridine rings is 1. The molecule has 0 spiro atoms. The number of amides is 2. The second kappa shape index (κ2) is 8.02. The molecule has 2 amide bonds. The van der Waals surface area contributed by atoms with Gasteiger partial charge in [0, 0.05) is 63.7 Å². The number of hydrogen-bond acceptors (Lipinski definition) is 4. The second-order valence-electron chi connectivity index (χ2n) is 5.07. The molecule has 22 heavy (non-hydrogen) atoms. The number of aromatic nitrogens is 3. The predicted octanol–water partition coefficient (Wildman–Crippen LogP) is 1.34. The molecule has 0 fully saturated rings. The van der Waals surface area contributed by atoms with E-state index in [4.69, 9.17) is 0 Å². The molecule has 0 bridgehead atoms. The van der Waals surface area contributed by atoms with Crippen LogP contribution in [-0.2, 0) is 6.54 Å². The molecule has 0 unspecified atom stereocenters. The third-order valence-corrected chi connectivity index (χ3v) is 3.34. The number of nitrogens with one attached hydrogen (secondary N) is 2. The maximum absolute atomic E-state index is 11.9. The van der Waals surface area contributed by atoms with Crippen LogP contribution in [0.5, 0.6) is 0 Å². The highest BCUT2D eigenvalue weighted by Crippen LogP contribution is 2.10. The van der Waals surface area contributed by atoms with Crippen LogP contribution in [0.1, 0.15) is 5.56 Å². The Morgan fingerprint density at radius 2 is 2.18 bits per heavy atom. The molecule has 0 aliphatic carbocycles. The highest BCUT2D eigenvalue weighted by molar-refractivity contribution is 5.73. The number of aryl methyl sites for hydroxylation is 1. The number of anilines is 1. The van der Waals surface area contributed by atoms with Crippen molar-refractivity contribution in [1.29, 1.82) is 0 Å². The average Bonchev–Trinajstić information content (AvgIpc) is 3.04. The predicted molar refractivity (Wildman–Crippen MR) is 85.7 cm³/mol. The first-order valence-corrected chi connectivity index (χ1v) is 7.26. The standard InChI is InChI=1S/C15H22N6O/c1-13-11-16-4-3-14(13)18-5-6-19-15(22)20(2)9-10-21-8-7-17-12-21/h3-4,7-8,11-12H,5-6,9-10H2,1-2H3,(H,16,18)(H,19,22). The van der Waals surface area contributed by atoms with E-state index in [0.29, 0.717) is 19.6 Å². The van der Waals surface area contributed by atoms with Gasteiger partial charge in [0.05, 0.1) is 6.33 Å². The summed E-state index contributed by atoms with van der Waals surface area (Å²) in [5, 5.41) is 6.16. The molecule has 2 aromatic rings. The van der Waals surface area contributed by atoms with Gasteiger partial charge in [0.2, 0.25) is 0 Å². The van der Waals surface area contributed by atoms with E-state index in [-0.39, 0.29) is 6.03 Å². The van der Waals surface area contributed by atoms with Crippen molar-refractivity contribution in [2.45, 2.75) is 13.5 Å². The molecule has 2 rings (SSSR count). The Morgan fingerprint density at radius 3 is 2.91 bits per heavy atom. The van der Waals surface area contributed by atoms with Crippen LogP contribution in [-0.4, -0.2) is 52.1 Å². The normalized spacial score (nSPS) is 10.3. The van der Waals surface area contributed by atoms with Crippen LogP contribution in [0.4, 0.5) is 10.5 Å². The number of hydrogen-bond donors (Lipinski definition) is 2. The number of carbonyl (C=O) groups is 1. The van der Waals surface area contributed by atoms with E-state index in [1.807, 2.05) is 30.0 Å². The molecular formula is C15H22N6O. The lowest BCUT2D eigenvalue weighted by molar-refractivity contribution is 0.207. The van der Waals surface area contributed by atoms with Crippen molar-refractivity contribution in [2.75, 3.05) is 32.0 Å². The summed E-state index contributed by atoms with van der Waals surface area (Å²) in [6.45, 7) is 4.61. The van der Waals surface area contributed by atoms with E-state index >= 15 is 0 Å². The minimum atomic E-state index is -0.0756. The highest BCUT2D eigenvalue weighted by Gasteiger charge is 2.07. The lowest BCUT2D eigenvalue weighted by Gasteiger charge is -2.18. The van der Waals surface area contributed by atoms with Crippen LogP contribution in [0.15, 0.2) is 37.2 Å². The van der Waals surface area contributed by atoms with Gasteiger partial charge in [-0.05, 0) is 18.6 Å². The Labute approximate surface area is 130 Å². The smallest absolute Gasteiger partial charge is 0.317 e. The first-order chi connectivity index (χ1) is 10.7. The summed E-state index contributed by atoms with van der Waals surface area (Å²) < 4.78 is 1.94. The fourth-order valence-corrected chi connectivity index (χ4v) is 1.96. The van der Waals surface area contributed by atoms with Crippen molar-refractivity contribution in [1.82, 2.24) is 24.8 Å². The van der Waals surface area contributed by atoms with E-state index in [0.717, 1.165) is 17.8 Å². The number of rotatable bonds is 7. The molecule has 7 nitrogen and oxygen atoms in total.